The predicted molar refractivity (Wildman–Crippen MR) is 82.0 cm³/mol. The number of hydrogen-bond donors (Lipinski definition) is 0. The summed E-state index contributed by atoms with van der Waals surface area (Å²) in [7, 11) is -1.20. The lowest BCUT2D eigenvalue weighted by molar-refractivity contribution is -0.137. The number of para-hydroxylation sites is 1. The molecular weight excluding hydrogens is 342 g/mol. The minimum Gasteiger partial charge on any atom is -0.493 e. The van der Waals surface area contributed by atoms with E-state index in [0.29, 0.717) is 0 Å². The number of methoxy groups -OCH3 is 3. The van der Waals surface area contributed by atoms with Gasteiger partial charge in [0.15, 0.2) is 17.2 Å². The zero-order chi connectivity index (χ0) is 17.9. The molecular formula is C14H13NO8S. The van der Waals surface area contributed by atoms with Gasteiger partial charge in [-0.1, -0.05) is 12.1 Å². The Morgan fingerprint density at radius 3 is 2.33 bits per heavy atom. The second kappa shape index (κ2) is 6.71. The van der Waals surface area contributed by atoms with Gasteiger partial charge in [-0.25, -0.2) is 9.59 Å². The molecule has 0 fully saturated rings. The fourth-order valence-corrected chi connectivity index (χ4v) is 2.74. The monoisotopic (exact) mass is 355 g/mol. The molecule has 10 heteroatoms. The number of rotatable bonds is 3. The van der Waals surface area contributed by atoms with Gasteiger partial charge >= 0.3 is 22.2 Å². The maximum atomic E-state index is 12.1. The van der Waals surface area contributed by atoms with Crippen molar-refractivity contribution in [2.45, 2.75) is 0 Å². The van der Waals surface area contributed by atoms with Crippen molar-refractivity contribution in [2.24, 2.45) is 4.40 Å². The minimum absolute atomic E-state index is 0.105. The first-order valence-electron chi connectivity index (χ1n) is 6.43. The molecule has 1 aromatic carbocycles. The van der Waals surface area contributed by atoms with Crippen molar-refractivity contribution in [3.05, 3.63) is 29.3 Å². The Bertz CT molecular complexity index is 854. The molecule has 128 valence electrons. The lowest BCUT2D eigenvalue weighted by Gasteiger charge is -2.15. The molecule has 24 heavy (non-hydrogen) atoms. The molecule has 0 spiro atoms. The zero-order valence-electron chi connectivity index (χ0n) is 12.9. The van der Waals surface area contributed by atoms with E-state index in [0.717, 1.165) is 14.2 Å². The number of ether oxygens (including phenoxy) is 3. The molecule has 0 aromatic heterocycles. The van der Waals surface area contributed by atoms with Crippen LogP contribution in [-0.2, 0) is 29.4 Å². The van der Waals surface area contributed by atoms with E-state index in [1.807, 2.05) is 0 Å². The second-order valence-electron chi connectivity index (χ2n) is 4.37. The molecule has 0 saturated carbocycles. The number of esters is 2. The Hall–Kier alpha value is -2.88. The average Bonchev–Trinajstić information content (AvgIpc) is 2.56. The molecule has 1 aromatic rings. The first-order valence-corrected chi connectivity index (χ1v) is 7.79. The smallest absolute Gasteiger partial charge is 0.429 e. The lowest BCUT2D eigenvalue weighted by Crippen LogP contribution is -2.27. The third kappa shape index (κ3) is 3.38. The molecule has 0 N–H and O–H groups in total. The topological polar surface area (TPSA) is 118 Å². The van der Waals surface area contributed by atoms with Gasteiger partial charge < -0.3 is 18.4 Å². The number of nitrogens with zero attached hydrogens (tertiary/aromatic N) is 1. The average molecular weight is 355 g/mol. The summed E-state index contributed by atoms with van der Waals surface area (Å²) in [6, 6.07) is 4.48. The molecule has 0 radical (unpaired) electrons. The third-order valence-corrected chi connectivity index (χ3v) is 3.74. The van der Waals surface area contributed by atoms with Crippen LogP contribution in [0.4, 0.5) is 0 Å². The van der Waals surface area contributed by atoms with Crippen LogP contribution in [0.1, 0.15) is 5.56 Å². The maximum absolute atomic E-state index is 12.1. The molecule has 0 aliphatic carbocycles. The molecule has 0 bridgehead atoms. The Morgan fingerprint density at radius 1 is 1.08 bits per heavy atom. The van der Waals surface area contributed by atoms with Crippen LogP contribution in [0, 0.1) is 0 Å². The summed E-state index contributed by atoms with van der Waals surface area (Å²) in [5.74, 6) is -2.17. The lowest BCUT2D eigenvalue weighted by atomic mass is 10.1. The van der Waals surface area contributed by atoms with Crippen molar-refractivity contribution < 1.29 is 36.4 Å². The van der Waals surface area contributed by atoms with E-state index in [-0.39, 0.29) is 17.1 Å². The van der Waals surface area contributed by atoms with Crippen molar-refractivity contribution in [3.8, 4) is 11.5 Å². The van der Waals surface area contributed by atoms with Crippen LogP contribution in [0.3, 0.4) is 0 Å². The van der Waals surface area contributed by atoms with Gasteiger partial charge in [0.2, 0.25) is 0 Å². The van der Waals surface area contributed by atoms with Gasteiger partial charge in [0.25, 0.3) is 0 Å². The summed E-state index contributed by atoms with van der Waals surface area (Å²) in [5, 5.41) is 0. The van der Waals surface area contributed by atoms with E-state index in [2.05, 4.69) is 13.9 Å². The number of fused-ring (bicyclic) bond motifs is 1. The Morgan fingerprint density at radius 2 is 1.75 bits per heavy atom. The number of carbonyl (C=O) groups is 2. The Labute approximate surface area is 137 Å². The van der Waals surface area contributed by atoms with Crippen LogP contribution in [0.15, 0.2) is 28.2 Å². The van der Waals surface area contributed by atoms with Crippen molar-refractivity contribution in [1.82, 2.24) is 0 Å². The maximum Gasteiger partial charge on any atom is 0.429 e. The van der Waals surface area contributed by atoms with Crippen LogP contribution < -0.4 is 8.92 Å². The standard InChI is InChI=1S/C14H13NO8S/c1-20-10-6-4-5-8-7-9(13(16)21-2)11(14(17)22-3)15-24(18,19)23-12(8)10/h4-7H,1-3H3/b9-7+,15-11+. The summed E-state index contributed by atoms with van der Waals surface area (Å²) < 4.78 is 46.4. The SMILES string of the molecule is COC(=O)C1=C/c2cccc(OC)c2OS(=O)(=O)/N=C\1C(=O)OC. The first kappa shape index (κ1) is 17.5. The molecule has 2 rings (SSSR count). The molecule has 1 aliphatic rings. The van der Waals surface area contributed by atoms with E-state index in [1.165, 1.54) is 25.3 Å². The van der Waals surface area contributed by atoms with E-state index < -0.39 is 33.5 Å². The van der Waals surface area contributed by atoms with Gasteiger partial charge in [-0.05, 0) is 12.1 Å². The molecule has 0 unspecified atom stereocenters. The van der Waals surface area contributed by atoms with Crippen molar-refractivity contribution in [2.75, 3.05) is 21.3 Å². The first-order chi connectivity index (χ1) is 11.3. The largest absolute Gasteiger partial charge is 0.493 e. The highest BCUT2D eigenvalue weighted by atomic mass is 32.2. The van der Waals surface area contributed by atoms with Crippen molar-refractivity contribution in [3.63, 3.8) is 0 Å². The van der Waals surface area contributed by atoms with Crippen LogP contribution in [-0.4, -0.2) is 47.4 Å². The molecule has 0 atom stereocenters. The number of carbonyl (C=O) groups excluding carboxylic acids is 2. The zero-order valence-corrected chi connectivity index (χ0v) is 13.7. The van der Waals surface area contributed by atoms with E-state index in [4.69, 9.17) is 8.92 Å². The second-order valence-corrected chi connectivity index (χ2v) is 5.58. The molecule has 0 amide bonds. The highest BCUT2D eigenvalue weighted by Gasteiger charge is 2.31. The van der Waals surface area contributed by atoms with Crippen LogP contribution in [0.5, 0.6) is 11.5 Å². The van der Waals surface area contributed by atoms with E-state index in [1.54, 1.807) is 6.07 Å². The van der Waals surface area contributed by atoms with Gasteiger partial charge in [0.05, 0.1) is 26.9 Å². The Kier molecular flexibility index (Phi) is 4.88. The summed E-state index contributed by atoms with van der Waals surface area (Å²) in [5.41, 5.74) is -0.974. The van der Waals surface area contributed by atoms with Gasteiger partial charge in [-0.15, -0.1) is 4.40 Å². The number of benzene rings is 1. The van der Waals surface area contributed by atoms with Crippen molar-refractivity contribution >= 4 is 34.0 Å². The predicted octanol–water partition coefficient (Wildman–Crippen LogP) is 0.503. The van der Waals surface area contributed by atoms with E-state index in [9.17, 15) is 18.0 Å². The van der Waals surface area contributed by atoms with Crippen molar-refractivity contribution in [1.29, 1.82) is 0 Å². The van der Waals surface area contributed by atoms with Crippen LogP contribution in [0.25, 0.3) is 6.08 Å². The molecule has 9 nitrogen and oxygen atoms in total. The summed E-state index contributed by atoms with van der Waals surface area (Å²) in [6.45, 7) is 0. The molecule has 0 saturated heterocycles. The fraction of sp³-hybridized carbons (Fsp3) is 0.214. The highest BCUT2D eigenvalue weighted by Crippen LogP contribution is 2.35. The molecule has 1 heterocycles. The van der Waals surface area contributed by atoms with Gasteiger partial charge in [-0.2, -0.15) is 8.42 Å². The third-order valence-electron chi connectivity index (χ3n) is 2.96. The summed E-state index contributed by atoms with van der Waals surface area (Å²) in [6.07, 6.45) is 1.20. The van der Waals surface area contributed by atoms with Gasteiger partial charge in [0.1, 0.15) is 0 Å². The highest BCUT2D eigenvalue weighted by molar-refractivity contribution is 7.86. The fourth-order valence-electron chi connectivity index (χ4n) is 1.91. The molecule has 1 aliphatic heterocycles. The van der Waals surface area contributed by atoms with E-state index >= 15 is 0 Å². The quantitative estimate of drug-likeness (QED) is 0.720. The number of hydrogen-bond acceptors (Lipinski definition) is 8. The summed E-state index contributed by atoms with van der Waals surface area (Å²) in [4.78, 5) is 23.8. The van der Waals surface area contributed by atoms with Gasteiger partial charge in [0, 0.05) is 5.56 Å². The van der Waals surface area contributed by atoms with Crippen LogP contribution in [0.2, 0.25) is 0 Å². The summed E-state index contributed by atoms with van der Waals surface area (Å²) >= 11 is 0. The normalized spacial score (nSPS) is 19.8. The van der Waals surface area contributed by atoms with Crippen LogP contribution >= 0.6 is 0 Å². The van der Waals surface area contributed by atoms with Gasteiger partial charge in [-0.3, -0.25) is 0 Å². The Balaban J connectivity index is 2.83. The minimum atomic E-state index is -4.61.